The fourth-order valence-electron chi connectivity index (χ4n) is 3.81. The van der Waals surface area contributed by atoms with Crippen molar-refractivity contribution in [3.05, 3.63) is 104 Å². The molecular weight excluding hydrogens is 470 g/mol. The van der Waals surface area contributed by atoms with Gasteiger partial charge in [0.2, 0.25) is 5.91 Å². The number of nitro groups is 1. The minimum atomic E-state index is -0.843. The molecule has 1 aliphatic heterocycles. The lowest BCUT2D eigenvalue weighted by Crippen LogP contribution is -2.29. The molecule has 11 heteroatoms. The molecule has 1 aliphatic rings. The summed E-state index contributed by atoms with van der Waals surface area (Å²) in [5.74, 6) is -2.39. The standard InChI is InChI=1S/C25H19N3O8/c1-35-21-9-6-14(12-27-23(30)17-4-2-3-5-18(17)24(27)31)10-19(21)25(32)36-13-16-8-7-15(22(26)29)11-20(16)28(33)34/h2-11H,12-13H2,1H3,(H2,26,29). The number of imide groups is 1. The Kier molecular flexibility index (Phi) is 6.46. The van der Waals surface area contributed by atoms with Gasteiger partial charge in [-0.2, -0.15) is 0 Å². The predicted octanol–water partition coefficient (Wildman–Crippen LogP) is 2.86. The Bertz CT molecular complexity index is 1400. The highest BCUT2D eigenvalue weighted by Crippen LogP contribution is 2.28. The third kappa shape index (κ3) is 4.49. The number of benzene rings is 3. The highest BCUT2D eigenvalue weighted by Gasteiger charge is 2.35. The smallest absolute Gasteiger partial charge is 0.342 e. The lowest BCUT2D eigenvalue weighted by molar-refractivity contribution is -0.385. The number of fused-ring (bicyclic) bond motifs is 1. The average Bonchev–Trinajstić information content (AvgIpc) is 3.11. The molecule has 3 aromatic carbocycles. The van der Waals surface area contributed by atoms with Crippen LogP contribution in [0.5, 0.6) is 5.75 Å². The summed E-state index contributed by atoms with van der Waals surface area (Å²) in [6.45, 7) is -0.545. The Morgan fingerprint density at radius 3 is 2.25 bits per heavy atom. The van der Waals surface area contributed by atoms with Crippen LogP contribution in [0.4, 0.5) is 5.69 Å². The molecule has 0 fully saturated rings. The van der Waals surface area contributed by atoms with E-state index in [0.29, 0.717) is 16.7 Å². The van der Waals surface area contributed by atoms with Gasteiger partial charge in [0.25, 0.3) is 17.5 Å². The maximum Gasteiger partial charge on any atom is 0.342 e. The van der Waals surface area contributed by atoms with E-state index >= 15 is 0 Å². The number of nitrogens with two attached hydrogens (primary N) is 1. The van der Waals surface area contributed by atoms with E-state index in [1.165, 1.54) is 31.4 Å². The molecule has 0 bridgehead atoms. The number of ether oxygens (including phenoxy) is 2. The molecule has 0 aliphatic carbocycles. The monoisotopic (exact) mass is 489 g/mol. The Morgan fingerprint density at radius 2 is 1.67 bits per heavy atom. The molecule has 2 N–H and O–H groups in total. The van der Waals surface area contributed by atoms with E-state index in [-0.39, 0.29) is 29.0 Å². The fraction of sp³-hybridized carbons (Fsp3) is 0.120. The third-order valence-corrected chi connectivity index (χ3v) is 5.63. The van der Waals surface area contributed by atoms with E-state index in [1.807, 2.05) is 0 Å². The molecule has 0 atom stereocenters. The Balaban J connectivity index is 1.54. The molecule has 4 rings (SSSR count). The molecule has 0 saturated heterocycles. The summed E-state index contributed by atoms with van der Waals surface area (Å²) in [7, 11) is 1.35. The first kappa shape index (κ1) is 24.1. The van der Waals surface area contributed by atoms with E-state index in [4.69, 9.17) is 15.2 Å². The van der Waals surface area contributed by atoms with E-state index in [1.54, 1.807) is 30.3 Å². The van der Waals surface area contributed by atoms with Gasteiger partial charge < -0.3 is 15.2 Å². The highest BCUT2D eigenvalue weighted by atomic mass is 16.6. The summed E-state index contributed by atoms with van der Waals surface area (Å²) in [4.78, 5) is 61.3. The van der Waals surface area contributed by atoms with Crippen molar-refractivity contribution < 1.29 is 33.6 Å². The summed E-state index contributed by atoms with van der Waals surface area (Å²) in [6.07, 6.45) is 0. The number of esters is 1. The van der Waals surface area contributed by atoms with Crippen molar-refractivity contribution in [2.24, 2.45) is 5.73 Å². The number of carbonyl (C=O) groups excluding carboxylic acids is 4. The molecule has 0 radical (unpaired) electrons. The van der Waals surface area contributed by atoms with Gasteiger partial charge in [-0.3, -0.25) is 29.4 Å². The Labute approximate surface area is 204 Å². The largest absolute Gasteiger partial charge is 0.496 e. The van der Waals surface area contributed by atoms with Crippen LogP contribution in [0.3, 0.4) is 0 Å². The van der Waals surface area contributed by atoms with Crippen LogP contribution in [0.25, 0.3) is 0 Å². The zero-order valence-corrected chi connectivity index (χ0v) is 18.9. The average molecular weight is 489 g/mol. The van der Waals surface area contributed by atoms with E-state index < -0.39 is 40.9 Å². The molecule has 0 unspecified atom stereocenters. The molecular formula is C25H19N3O8. The number of methoxy groups -OCH3 is 1. The second-order valence-corrected chi connectivity index (χ2v) is 7.82. The van der Waals surface area contributed by atoms with Crippen molar-refractivity contribution in [3.63, 3.8) is 0 Å². The van der Waals surface area contributed by atoms with Crippen molar-refractivity contribution in [2.45, 2.75) is 13.2 Å². The zero-order valence-electron chi connectivity index (χ0n) is 18.9. The first-order valence-electron chi connectivity index (χ1n) is 10.6. The van der Waals surface area contributed by atoms with Gasteiger partial charge in [0, 0.05) is 11.6 Å². The minimum Gasteiger partial charge on any atom is -0.496 e. The molecule has 3 aromatic rings. The van der Waals surface area contributed by atoms with Crippen molar-refractivity contribution in [3.8, 4) is 5.75 Å². The summed E-state index contributed by atoms with van der Waals surface area (Å²) in [5.41, 5.74) is 5.82. The summed E-state index contributed by atoms with van der Waals surface area (Å²) in [6, 6.07) is 14.6. The first-order valence-corrected chi connectivity index (χ1v) is 10.6. The van der Waals surface area contributed by atoms with Crippen LogP contribution in [0.15, 0.2) is 60.7 Å². The highest BCUT2D eigenvalue weighted by molar-refractivity contribution is 6.21. The van der Waals surface area contributed by atoms with Gasteiger partial charge in [-0.05, 0) is 42.0 Å². The second kappa shape index (κ2) is 9.66. The minimum absolute atomic E-state index is 0.00279. The number of hydrogen-bond acceptors (Lipinski definition) is 8. The van der Waals surface area contributed by atoms with Gasteiger partial charge in [-0.25, -0.2) is 4.79 Å². The first-order chi connectivity index (χ1) is 17.2. The van der Waals surface area contributed by atoms with Gasteiger partial charge in [0.1, 0.15) is 17.9 Å². The third-order valence-electron chi connectivity index (χ3n) is 5.63. The SMILES string of the molecule is COc1ccc(CN2C(=O)c3ccccc3C2=O)cc1C(=O)OCc1ccc(C(N)=O)cc1[N+](=O)[O-]. The number of primary amides is 1. The Morgan fingerprint density at radius 1 is 1.00 bits per heavy atom. The Hall–Kier alpha value is -5.06. The maximum absolute atomic E-state index is 12.9. The molecule has 0 saturated carbocycles. The van der Waals surface area contributed by atoms with Crippen molar-refractivity contribution in [1.82, 2.24) is 4.90 Å². The number of nitro benzene ring substituents is 1. The quantitative estimate of drug-likeness (QED) is 0.219. The van der Waals surface area contributed by atoms with Crippen LogP contribution >= 0.6 is 0 Å². The van der Waals surface area contributed by atoms with Crippen LogP contribution in [0.1, 0.15) is 52.6 Å². The number of carbonyl (C=O) groups is 4. The van der Waals surface area contributed by atoms with Crippen LogP contribution in [-0.2, 0) is 17.9 Å². The maximum atomic E-state index is 12.9. The molecule has 11 nitrogen and oxygen atoms in total. The molecule has 36 heavy (non-hydrogen) atoms. The van der Waals surface area contributed by atoms with E-state index in [2.05, 4.69) is 0 Å². The van der Waals surface area contributed by atoms with Gasteiger partial charge in [0.05, 0.1) is 35.3 Å². The zero-order chi connectivity index (χ0) is 26.0. The molecule has 0 aromatic heterocycles. The normalized spacial score (nSPS) is 12.3. The lowest BCUT2D eigenvalue weighted by Gasteiger charge is -2.16. The van der Waals surface area contributed by atoms with Gasteiger partial charge >= 0.3 is 5.97 Å². The van der Waals surface area contributed by atoms with Crippen LogP contribution in [-0.4, -0.2) is 40.6 Å². The molecule has 1 heterocycles. The van der Waals surface area contributed by atoms with Crippen molar-refractivity contribution in [2.75, 3.05) is 7.11 Å². The molecule has 0 spiro atoms. The van der Waals surface area contributed by atoms with Gasteiger partial charge in [-0.1, -0.05) is 18.2 Å². The molecule has 3 amide bonds. The number of rotatable bonds is 8. The summed E-state index contributed by atoms with van der Waals surface area (Å²) < 4.78 is 10.5. The van der Waals surface area contributed by atoms with E-state index in [0.717, 1.165) is 11.0 Å². The van der Waals surface area contributed by atoms with Crippen molar-refractivity contribution in [1.29, 1.82) is 0 Å². The van der Waals surface area contributed by atoms with Crippen molar-refractivity contribution >= 4 is 29.4 Å². The lowest BCUT2D eigenvalue weighted by atomic mass is 10.1. The summed E-state index contributed by atoms with van der Waals surface area (Å²) >= 11 is 0. The number of amides is 3. The summed E-state index contributed by atoms with van der Waals surface area (Å²) in [5, 5.41) is 11.4. The topological polar surface area (TPSA) is 159 Å². The number of hydrogen-bond donors (Lipinski definition) is 1. The second-order valence-electron chi connectivity index (χ2n) is 7.82. The fourth-order valence-corrected chi connectivity index (χ4v) is 3.81. The van der Waals surface area contributed by atoms with Crippen LogP contribution in [0.2, 0.25) is 0 Å². The van der Waals surface area contributed by atoms with Gasteiger partial charge in [-0.15, -0.1) is 0 Å². The van der Waals surface area contributed by atoms with Crippen LogP contribution < -0.4 is 10.5 Å². The van der Waals surface area contributed by atoms with E-state index in [9.17, 15) is 29.3 Å². The van der Waals surface area contributed by atoms with Crippen LogP contribution in [0, 0.1) is 10.1 Å². The predicted molar refractivity (Wildman–Crippen MR) is 124 cm³/mol. The van der Waals surface area contributed by atoms with Gasteiger partial charge in [0.15, 0.2) is 0 Å². The molecule has 182 valence electrons. The number of nitrogens with zero attached hydrogens (tertiary/aromatic N) is 2.